The van der Waals surface area contributed by atoms with Gasteiger partial charge in [0.2, 0.25) is 5.91 Å². The van der Waals surface area contributed by atoms with E-state index in [1.807, 2.05) is 0 Å². The van der Waals surface area contributed by atoms with Crippen LogP contribution in [0.4, 0.5) is 0 Å². The highest BCUT2D eigenvalue weighted by molar-refractivity contribution is 7.92. The van der Waals surface area contributed by atoms with Crippen LogP contribution in [0.15, 0.2) is 24.5 Å². The van der Waals surface area contributed by atoms with Crippen LogP contribution in [0.25, 0.3) is 0 Å². The molecule has 0 saturated heterocycles. The summed E-state index contributed by atoms with van der Waals surface area (Å²) >= 11 is 0. The maximum Gasteiger partial charge on any atom is 0.235 e. The second-order valence-electron chi connectivity index (χ2n) is 3.21. The Morgan fingerprint density at radius 2 is 2.27 bits per heavy atom. The number of amides is 1. The molecular weight excluding hydrogens is 216 g/mol. The molecule has 0 radical (unpaired) electrons. The Morgan fingerprint density at radius 3 is 2.73 bits per heavy atom. The van der Waals surface area contributed by atoms with Gasteiger partial charge in [-0.05, 0) is 18.6 Å². The van der Waals surface area contributed by atoms with E-state index < -0.39 is 21.0 Å². The molecule has 5 nitrogen and oxygen atoms in total. The average molecular weight is 228 g/mol. The molecule has 15 heavy (non-hydrogen) atoms. The number of aromatic nitrogens is 1. The van der Waals surface area contributed by atoms with E-state index in [1.165, 1.54) is 13.1 Å². The molecule has 0 spiro atoms. The number of nitrogens with two attached hydrogens (primary N) is 1. The van der Waals surface area contributed by atoms with Gasteiger partial charge in [-0.3, -0.25) is 9.78 Å². The van der Waals surface area contributed by atoms with Crippen molar-refractivity contribution in [3.63, 3.8) is 0 Å². The van der Waals surface area contributed by atoms with Crippen molar-refractivity contribution in [2.45, 2.75) is 17.9 Å². The zero-order chi connectivity index (χ0) is 11.5. The summed E-state index contributed by atoms with van der Waals surface area (Å²) in [5.41, 5.74) is 5.49. The van der Waals surface area contributed by atoms with Crippen LogP contribution in [0.1, 0.15) is 12.5 Å². The van der Waals surface area contributed by atoms with Gasteiger partial charge in [0.15, 0.2) is 9.84 Å². The smallest absolute Gasteiger partial charge is 0.235 e. The van der Waals surface area contributed by atoms with Crippen LogP contribution in [0.3, 0.4) is 0 Å². The Balaban J connectivity index is 2.87. The maximum atomic E-state index is 11.6. The molecule has 2 N–H and O–H groups in total. The van der Waals surface area contributed by atoms with Crippen molar-refractivity contribution in [2.24, 2.45) is 5.73 Å². The van der Waals surface area contributed by atoms with Gasteiger partial charge in [0.25, 0.3) is 0 Å². The number of primary amides is 1. The SMILES string of the molecule is CC(C(N)=O)S(=O)(=O)Cc1cccnc1. The number of carbonyl (C=O) groups excluding carboxylic acids is 1. The Morgan fingerprint density at radius 1 is 1.60 bits per heavy atom. The predicted octanol–water partition coefficient (Wildman–Crippen LogP) is -0.130. The van der Waals surface area contributed by atoms with E-state index in [-0.39, 0.29) is 5.75 Å². The summed E-state index contributed by atoms with van der Waals surface area (Å²) in [5, 5.41) is -1.17. The Bertz CT molecular complexity index is 442. The van der Waals surface area contributed by atoms with Gasteiger partial charge >= 0.3 is 0 Å². The predicted molar refractivity (Wildman–Crippen MR) is 55.5 cm³/mol. The van der Waals surface area contributed by atoms with Crippen LogP contribution >= 0.6 is 0 Å². The number of nitrogens with zero attached hydrogens (tertiary/aromatic N) is 1. The van der Waals surface area contributed by atoms with Gasteiger partial charge in [-0.2, -0.15) is 0 Å². The summed E-state index contributed by atoms with van der Waals surface area (Å²) in [6.07, 6.45) is 3.00. The molecule has 0 saturated carbocycles. The summed E-state index contributed by atoms with van der Waals surface area (Å²) < 4.78 is 23.2. The second kappa shape index (κ2) is 4.39. The normalized spacial score (nSPS) is 13.4. The fourth-order valence-corrected chi connectivity index (χ4v) is 2.26. The number of pyridine rings is 1. The molecule has 0 aliphatic rings. The van der Waals surface area contributed by atoms with Gasteiger partial charge in [-0.15, -0.1) is 0 Å². The number of carbonyl (C=O) groups is 1. The molecule has 0 fully saturated rings. The molecule has 1 heterocycles. The van der Waals surface area contributed by atoms with Crippen molar-refractivity contribution in [3.8, 4) is 0 Å². The first-order chi connectivity index (χ1) is 6.93. The third-order valence-corrected chi connectivity index (χ3v) is 4.08. The molecule has 1 rings (SSSR count). The molecule has 0 aliphatic carbocycles. The molecule has 1 aromatic rings. The van der Waals surface area contributed by atoms with E-state index in [0.717, 1.165) is 0 Å². The van der Waals surface area contributed by atoms with Crippen molar-refractivity contribution in [1.82, 2.24) is 4.98 Å². The summed E-state index contributed by atoms with van der Waals surface area (Å²) in [6.45, 7) is 1.29. The van der Waals surface area contributed by atoms with Gasteiger partial charge in [-0.25, -0.2) is 8.42 Å². The van der Waals surface area contributed by atoms with Crippen molar-refractivity contribution >= 4 is 15.7 Å². The van der Waals surface area contributed by atoms with Crippen LogP contribution in [0, 0.1) is 0 Å². The first kappa shape index (κ1) is 11.6. The number of hydrogen-bond acceptors (Lipinski definition) is 4. The van der Waals surface area contributed by atoms with Gasteiger partial charge < -0.3 is 5.73 Å². The van der Waals surface area contributed by atoms with Crippen LogP contribution in [0.2, 0.25) is 0 Å². The van der Waals surface area contributed by atoms with E-state index in [2.05, 4.69) is 4.98 Å². The molecule has 82 valence electrons. The lowest BCUT2D eigenvalue weighted by Gasteiger charge is -2.08. The fourth-order valence-electron chi connectivity index (χ4n) is 1.02. The second-order valence-corrected chi connectivity index (χ2v) is 5.53. The molecule has 1 unspecified atom stereocenters. The molecule has 1 amide bonds. The quantitative estimate of drug-likeness (QED) is 0.777. The first-order valence-electron chi connectivity index (χ1n) is 4.33. The van der Waals surface area contributed by atoms with Crippen LogP contribution in [0.5, 0.6) is 0 Å². The molecule has 0 aromatic carbocycles. The minimum Gasteiger partial charge on any atom is -0.369 e. The standard InChI is InChI=1S/C9H12N2O3S/c1-7(9(10)12)15(13,14)6-8-3-2-4-11-5-8/h2-5,7H,6H2,1H3,(H2,10,12). The van der Waals surface area contributed by atoms with Crippen LogP contribution in [-0.4, -0.2) is 24.6 Å². The van der Waals surface area contributed by atoms with E-state index in [9.17, 15) is 13.2 Å². The van der Waals surface area contributed by atoms with Gasteiger partial charge in [0.1, 0.15) is 5.25 Å². The highest BCUT2D eigenvalue weighted by atomic mass is 32.2. The van der Waals surface area contributed by atoms with Gasteiger partial charge in [-0.1, -0.05) is 6.07 Å². The van der Waals surface area contributed by atoms with Crippen LogP contribution in [-0.2, 0) is 20.4 Å². The topological polar surface area (TPSA) is 90.1 Å². The zero-order valence-electron chi connectivity index (χ0n) is 8.25. The molecule has 1 aromatic heterocycles. The lowest BCUT2D eigenvalue weighted by molar-refractivity contribution is -0.117. The number of sulfone groups is 1. The third kappa shape index (κ3) is 3.02. The summed E-state index contributed by atoms with van der Waals surface area (Å²) in [7, 11) is -3.53. The van der Waals surface area contributed by atoms with E-state index in [0.29, 0.717) is 5.56 Å². The Kier molecular flexibility index (Phi) is 3.41. The van der Waals surface area contributed by atoms with Crippen LogP contribution < -0.4 is 5.73 Å². The minimum absolute atomic E-state index is 0.217. The fraction of sp³-hybridized carbons (Fsp3) is 0.333. The highest BCUT2D eigenvalue weighted by Gasteiger charge is 2.25. The maximum absolute atomic E-state index is 11.6. The van der Waals surface area contributed by atoms with Crippen molar-refractivity contribution in [1.29, 1.82) is 0 Å². The summed E-state index contributed by atoms with van der Waals surface area (Å²) in [5.74, 6) is -1.05. The largest absolute Gasteiger partial charge is 0.369 e. The van der Waals surface area contributed by atoms with Gasteiger partial charge in [0, 0.05) is 12.4 Å². The zero-order valence-corrected chi connectivity index (χ0v) is 9.07. The number of hydrogen-bond donors (Lipinski definition) is 1. The van der Waals surface area contributed by atoms with Crippen molar-refractivity contribution in [3.05, 3.63) is 30.1 Å². The molecule has 6 heteroatoms. The van der Waals surface area contributed by atoms with E-state index in [4.69, 9.17) is 5.73 Å². The molecule has 0 aliphatic heterocycles. The molecular formula is C9H12N2O3S. The highest BCUT2D eigenvalue weighted by Crippen LogP contribution is 2.09. The lowest BCUT2D eigenvalue weighted by atomic mass is 10.3. The Hall–Kier alpha value is -1.43. The lowest BCUT2D eigenvalue weighted by Crippen LogP contribution is -2.34. The third-order valence-electron chi connectivity index (χ3n) is 2.03. The summed E-state index contributed by atoms with van der Waals surface area (Å²) in [4.78, 5) is 14.6. The summed E-state index contributed by atoms with van der Waals surface area (Å²) in [6, 6.07) is 3.28. The van der Waals surface area contributed by atoms with E-state index in [1.54, 1.807) is 18.3 Å². The van der Waals surface area contributed by atoms with Crippen molar-refractivity contribution in [2.75, 3.05) is 0 Å². The number of rotatable bonds is 4. The first-order valence-corrected chi connectivity index (χ1v) is 6.05. The Labute approximate surface area is 88.2 Å². The van der Waals surface area contributed by atoms with E-state index >= 15 is 0 Å². The van der Waals surface area contributed by atoms with Crippen molar-refractivity contribution < 1.29 is 13.2 Å². The molecule has 0 bridgehead atoms. The average Bonchev–Trinajstić information content (AvgIpc) is 2.17. The van der Waals surface area contributed by atoms with Gasteiger partial charge in [0.05, 0.1) is 5.75 Å². The molecule has 1 atom stereocenters. The monoisotopic (exact) mass is 228 g/mol. The minimum atomic E-state index is -3.53.